The number of nitrogens with one attached hydrogen (secondary N) is 2. The molecule has 0 heterocycles. The van der Waals surface area contributed by atoms with E-state index in [0.29, 0.717) is 0 Å². The molecular formula is C11H24N4. The van der Waals surface area contributed by atoms with Gasteiger partial charge in [0.1, 0.15) is 0 Å². The number of hydrazine groups is 1. The normalized spacial score (nSPS) is 21.1. The predicted octanol–water partition coefficient (Wildman–Crippen LogP) is 1.53. The molecule has 0 aromatic rings. The molecule has 1 fully saturated rings. The Morgan fingerprint density at radius 1 is 1.33 bits per heavy atom. The molecule has 1 aliphatic carbocycles. The van der Waals surface area contributed by atoms with Crippen LogP contribution in [0.3, 0.4) is 0 Å². The van der Waals surface area contributed by atoms with Crippen LogP contribution in [-0.2, 0) is 0 Å². The summed E-state index contributed by atoms with van der Waals surface area (Å²) in [6.45, 7) is 5.19. The minimum atomic E-state index is 0.178. The third-order valence-electron chi connectivity index (χ3n) is 3.01. The summed E-state index contributed by atoms with van der Waals surface area (Å²) >= 11 is 0. The number of nitrogens with two attached hydrogens (primary N) is 1. The van der Waals surface area contributed by atoms with Gasteiger partial charge in [-0.05, 0) is 26.2 Å². The van der Waals surface area contributed by atoms with Gasteiger partial charge in [-0.1, -0.05) is 26.2 Å². The second-order valence-electron chi connectivity index (χ2n) is 4.62. The minimum absolute atomic E-state index is 0.178. The third-order valence-corrected chi connectivity index (χ3v) is 3.01. The van der Waals surface area contributed by atoms with Gasteiger partial charge in [-0.25, -0.2) is 5.84 Å². The lowest BCUT2D eigenvalue weighted by atomic mass is 9.83. The van der Waals surface area contributed by atoms with Crippen LogP contribution < -0.4 is 16.6 Å². The molecule has 0 spiro atoms. The van der Waals surface area contributed by atoms with Gasteiger partial charge in [-0.3, -0.25) is 10.4 Å². The van der Waals surface area contributed by atoms with E-state index in [2.05, 4.69) is 29.6 Å². The average Bonchev–Trinajstić information content (AvgIpc) is 2.25. The van der Waals surface area contributed by atoms with Crippen molar-refractivity contribution in [3.05, 3.63) is 0 Å². The first-order valence-electron chi connectivity index (χ1n) is 5.99. The van der Waals surface area contributed by atoms with Crippen molar-refractivity contribution < 1.29 is 0 Å². The maximum atomic E-state index is 5.45. The van der Waals surface area contributed by atoms with Gasteiger partial charge in [0, 0.05) is 12.1 Å². The Hall–Kier alpha value is -0.770. The number of guanidine groups is 1. The molecule has 1 rings (SSSR count). The molecule has 0 aromatic heterocycles. The molecule has 0 aromatic carbocycles. The van der Waals surface area contributed by atoms with E-state index in [1.807, 2.05) is 0 Å². The average molecular weight is 212 g/mol. The fraction of sp³-hybridized carbons (Fsp3) is 0.909. The molecule has 88 valence electrons. The van der Waals surface area contributed by atoms with E-state index in [1.54, 1.807) is 0 Å². The second kappa shape index (κ2) is 5.95. The summed E-state index contributed by atoms with van der Waals surface area (Å²) in [5, 5.41) is 3.43. The van der Waals surface area contributed by atoms with Crippen LogP contribution in [-0.4, -0.2) is 18.0 Å². The van der Waals surface area contributed by atoms with E-state index in [0.717, 1.165) is 18.9 Å². The maximum absolute atomic E-state index is 5.45. The number of hydrogen-bond donors (Lipinski definition) is 3. The molecule has 4 nitrogen and oxygen atoms in total. The van der Waals surface area contributed by atoms with Gasteiger partial charge in [0.2, 0.25) is 5.96 Å². The van der Waals surface area contributed by atoms with Crippen LogP contribution in [0, 0.1) is 0 Å². The lowest BCUT2D eigenvalue weighted by molar-refractivity contribution is 0.288. The van der Waals surface area contributed by atoms with E-state index in [-0.39, 0.29) is 5.54 Å². The first kappa shape index (κ1) is 12.3. The second-order valence-corrected chi connectivity index (χ2v) is 4.62. The lowest BCUT2D eigenvalue weighted by Gasteiger charge is -2.35. The first-order chi connectivity index (χ1) is 7.20. The molecule has 4 N–H and O–H groups in total. The van der Waals surface area contributed by atoms with Crippen molar-refractivity contribution in [1.29, 1.82) is 0 Å². The monoisotopic (exact) mass is 212 g/mol. The number of hydrogen-bond acceptors (Lipinski definition) is 2. The summed E-state index contributed by atoms with van der Waals surface area (Å²) in [5.74, 6) is 6.18. The van der Waals surface area contributed by atoms with Crippen molar-refractivity contribution in [1.82, 2.24) is 10.7 Å². The molecule has 0 radical (unpaired) electrons. The zero-order chi connectivity index (χ0) is 11.1. The summed E-state index contributed by atoms with van der Waals surface area (Å²) in [6, 6.07) is 0. The van der Waals surface area contributed by atoms with Crippen LogP contribution in [0.1, 0.15) is 52.4 Å². The number of rotatable bonds is 3. The molecule has 4 heteroatoms. The standard InChI is InChI=1S/C11H24N4/c1-3-9-13-10(15-12)14-11(2)7-5-4-6-8-11/h3-9,12H2,1-2H3,(H2,13,14,15). The molecule has 0 saturated heterocycles. The zero-order valence-corrected chi connectivity index (χ0v) is 9.97. The summed E-state index contributed by atoms with van der Waals surface area (Å²) in [5.41, 5.74) is 2.83. The van der Waals surface area contributed by atoms with Crippen LogP contribution >= 0.6 is 0 Å². The highest BCUT2D eigenvalue weighted by Crippen LogP contribution is 2.27. The molecular weight excluding hydrogens is 188 g/mol. The van der Waals surface area contributed by atoms with E-state index < -0.39 is 0 Å². The molecule has 0 atom stereocenters. The van der Waals surface area contributed by atoms with E-state index in [9.17, 15) is 0 Å². The first-order valence-corrected chi connectivity index (χ1v) is 5.99. The van der Waals surface area contributed by atoms with Crippen molar-refractivity contribution in [2.45, 2.75) is 57.9 Å². The Morgan fingerprint density at radius 3 is 2.53 bits per heavy atom. The highest BCUT2D eigenvalue weighted by molar-refractivity contribution is 5.79. The van der Waals surface area contributed by atoms with Crippen molar-refractivity contribution in [3.63, 3.8) is 0 Å². The van der Waals surface area contributed by atoms with Crippen LogP contribution in [0.15, 0.2) is 4.99 Å². The highest BCUT2D eigenvalue weighted by atomic mass is 15.3. The number of nitrogens with zero attached hydrogens (tertiary/aromatic N) is 1. The van der Waals surface area contributed by atoms with Crippen LogP contribution in [0.4, 0.5) is 0 Å². The quantitative estimate of drug-likeness (QED) is 0.288. The largest absolute Gasteiger partial charge is 0.350 e. The third kappa shape index (κ3) is 4.08. The van der Waals surface area contributed by atoms with Gasteiger partial charge in [0.15, 0.2) is 0 Å². The van der Waals surface area contributed by atoms with E-state index in [4.69, 9.17) is 5.84 Å². The lowest BCUT2D eigenvalue weighted by Crippen LogP contribution is -2.53. The Balaban J connectivity index is 2.48. The number of aliphatic imine (C=N–C) groups is 1. The smallest absolute Gasteiger partial charge is 0.206 e. The van der Waals surface area contributed by atoms with Gasteiger partial charge < -0.3 is 5.32 Å². The molecule has 0 bridgehead atoms. The van der Waals surface area contributed by atoms with Gasteiger partial charge in [0.25, 0.3) is 0 Å². The van der Waals surface area contributed by atoms with Crippen LogP contribution in [0.2, 0.25) is 0 Å². The zero-order valence-electron chi connectivity index (χ0n) is 9.97. The SMILES string of the molecule is CCCN=C(NN)NC1(C)CCCCC1. The Kier molecular flexibility index (Phi) is 4.88. The van der Waals surface area contributed by atoms with Crippen molar-refractivity contribution in [3.8, 4) is 0 Å². The maximum Gasteiger partial charge on any atom is 0.206 e. The van der Waals surface area contributed by atoms with E-state index >= 15 is 0 Å². The molecule has 0 unspecified atom stereocenters. The molecule has 0 amide bonds. The fourth-order valence-electron chi connectivity index (χ4n) is 2.09. The van der Waals surface area contributed by atoms with Gasteiger partial charge >= 0.3 is 0 Å². The summed E-state index contributed by atoms with van der Waals surface area (Å²) in [7, 11) is 0. The molecule has 0 aliphatic heterocycles. The Labute approximate surface area is 92.7 Å². The summed E-state index contributed by atoms with van der Waals surface area (Å²) in [4.78, 5) is 4.37. The van der Waals surface area contributed by atoms with Crippen LogP contribution in [0.5, 0.6) is 0 Å². The van der Waals surface area contributed by atoms with Gasteiger partial charge in [0.05, 0.1) is 0 Å². The Bertz CT molecular complexity index is 207. The summed E-state index contributed by atoms with van der Waals surface area (Å²) in [6.07, 6.45) is 7.42. The van der Waals surface area contributed by atoms with Crippen LogP contribution in [0.25, 0.3) is 0 Å². The van der Waals surface area contributed by atoms with Crippen molar-refractivity contribution in [2.75, 3.05) is 6.54 Å². The fourth-order valence-corrected chi connectivity index (χ4v) is 2.09. The topological polar surface area (TPSA) is 62.4 Å². The van der Waals surface area contributed by atoms with E-state index in [1.165, 1.54) is 32.1 Å². The highest BCUT2D eigenvalue weighted by Gasteiger charge is 2.27. The molecule has 15 heavy (non-hydrogen) atoms. The summed E-state index contributed by atoms with van der Waals surface area (Å²) < 4.78 is 0. The molecule has 1 aliphatic rings. The predicted molar refractivity (Wildman–Crippen MR) is 64.5 cm³/mol. The minimum Gasteiger partial charge on any atom is -0.350 e. The van der Waals surface area contributed by atoms with Gasteiger partial charge in [-0.15, -0.1) is 0 Å². The molecule has 1 saturated carbocycles. The Morgan fingerprint density at radius 2 is 2.00 bits per heavy atom. The van der Waals surface area contributed by atoms with Crippen molar-refractivity contribution in [2.24, 2.45) is 10.8 Å². The van der Waals surface area contributed by atoms with Gasteiger partial charge in [-0.2, -0.15) is 0 Å². The van der Waals surface area contributed by atoms with Crippen molar-refractivity contribution >= 4 is 5.96 Å².